The van der Waals surface area contributed by atoms with Crippen molar-refractivity contribution in [3.05, 3.63) is 108 Å². The second-order valence-corrected chi connectivity index (χ2v) is 9.58. The van der Waals surface area contributed by atoms with Gasteiger partial charge in [-0.25, -0.2) is 0 Å². The van der Waals surface area contributed by atoms with Crippen molar-refractivity contribution in [1.82, 2.24) is 19.8 Å². The number of piperazine rings is 1. The molecule has 0 N–H and O–H groups in total. The Bertz CT molecular complexity index is 1230. The van der Waals surface area contributed by atoms with Crippen molar-refractivity contribution in [1.29, 1.82) is 0 Å². The molecule has 0 aliphatic carbocycles. The smallest absolute Gasteiger partial charge is 0.0705 e. The van der Waals surface area contributed by atoms with Crippen molar-refractivity contribution in [3.8, 4) is 22.5 Å². The Labute approximate surface area is 201 Å². The van der Waals surface area contributed by atoms with E-state index >= 15 is 0 Å². The largest absolute Gasteiger partial charge is 0.296 e. The van der Waals surface area contributed by atoms with Gasteiger partial charge in [-0.1, -0.05) is 60.7 Å². The molecular formula is C30H30N4. The van der Waals surface area contributed by atoms with Crippen molar-refractivity contribution >= 4 is 0 Å². The molecule has 0 amide bonds. The van der Waals surface area contributed by atoms with Gasteiger partial charge in [-0.15, -0.1) is 0 Å². The van der Waals surface area contributed by atoms with Gasteiger partial charge < -0.3 is 0 Å². The lowest BCUT2D eigenvalue weighted by molar-refractivity contribution is 0.0567. The summed E-state index contributed by atoms with van der Waals surface area (Å²) in [5.74, 6) is 0. The van der Waals surface area contributed by atoms with E-state index in [1.54, 1.807) is 0 Å². The molecule has 2 bridgehead atoms. The highest BCUT2D eigenvalue weighted by molar-refractivity contribution is 5.60. The van der Waals surface area contributed by atoms with E-state index in [4.69, 9.17) is 0 Å². The highest BCUT2D eigenvalue weighted by atomic mass is 15.3. The molecule has 2 aliphatic rings. The molecule has 2 atom stereocenters. The molecule has 4 aromatic rings. The second-order valence-electron chi connectivity index (χ2n) is 9.58. The van der Waals surface area contributed by atoms with E-state index in [0.29, 0.717) is 12.1 Å². The Hall–Kier alpha value is -3.34. The van der Waals surface area contributed by atoms with Gasteiger partial charge in [-0.2, -0.15) is 0 Å². The first kappa shape index (κ1) is 21.2. The van der Waals surface area contributed by atoms with Gasteiger partial charge in [-0.3, -0.25) is 19.8 Å². The number of likely N-dealkylation sites (tertiary alicyclic amines) is 1. The molecule has 6 rings (SSSR count). The topological polar surface area (TPSA) is 32.3 Å². The molecule has 0 radical (unpaired) electrons. The van der Waals surface area contributed by atoms with Crippen molar-refractivity contribution in [3.63, 3.8) is 0 Å². The lowest BCUT2D eigenvalue weighted by Gasteiger charge is -2.41. The van der Waals surface area contributed by atoms with E-state index in [0.717, 1.165) is 37.6 Å². The molecule has 2 saturated heterocycles. The highest BCUT2D eigenvalue weighted by Crippen LogP contribution is 2.33. The van der Waals surface area contributed by atoms with Gasteiger partial charge in [0.1, 0.15) is 0 Å². The minimum atomic E-state index is 0.627. The molecule has 34 heavy (non-hydrogen) atoms. The van der Waals surface area contributed by atoms with Gasteiger partial charge in [0.2, 0.25) is 0 Å². The zero-order valence-corrected chi connectivity index (χ0v) is 19.4. The summed E-state index contributed by atoms with van der Waals surface area (Å²) in [6, 6.07) is 31.1. The fourth-order valence-corrected chi connectivity index (χ4v) is 5.61. The average Bonchev–Trinajstić information content (AvgIpc) is 3.12. The number of aromatic nitrogens is 2. The summed E-state index contributed by atoms with van der Waals surface area (Å²) in [6.45, 7) is 4.28. The van der Waals surface area contributed by atoms with Gasteiger partial charge >= 0.3 is 0 Å². The molecule has 4 heterocycles. The van der Waals surface area contributed by atoms with E-state index in [-0.39, 0.29) is 0 Å². The molecule has 0 unspecified atom stereocenters. The van der Waals surface area contributed by atoms with Gasteiger partial charge in [0.05, 0.1) is 11.4 Å². The van der Waals surface area contributed by atoms with Crippen molar-refractivity contribution < 1.29 is 0 Å². The minimum absolute atomic E-state index is 0.627. The Morgan fingerprint density at radius 3 is 1.65 bits per heavy atom. The molecule has 0 saturated carbocycles. The SMILES string of the molecule is c1ccc(-c2cc(CN3C[C@H]4CC[C@@H](C3)N4Cc3ccnc(-c4ccccc4)c3)ccn2)cc1. The van der Waals surface area contributed by atoms with Crippen LogP contribution in [0, 0.1) is 0 Å². The fourth-order valence-electron chi connectivity index (χ4n) is 5.61. The molecule has 4 nitrogen and oxygen atoms in total. The zero-order chi connectivity index (χ0) is 22.7. The Balaban J connectivity index is 1.13. The van der Waals surface area contributed by atoms with E-state index in [9.17, 15) is 0 Å². The standard InChI is InChI=1S/C30H30N4/c1-3-7-25(8-4-1)29-17-23(13-15-31-29)19-33-21-27-11-12-28(22-33)34(27)20-24-14-16-32-30(18-24)26-9-5-2-6-10-26/h1-10,13-18,27-28H,11-12,19-22H2/t27-,28+. The third kappa shape index (κ3) is 4.52. The number of fused-ring (bicyclic) bond motifs is 2. The van der Waals surface area contributed by atoms with Gasteiger partial charge in [0.15, 0.2) is 0 Å². The Morgan fingerprint density at radius 2 is 1.12 bits per heavy atom. The number of pyridine rings is 2. The maximum Gasteiger partial charge on any atom is 0.0705 e. The first-order valence-corrected chi connectivity index (χ1v) is 12.3. The maximum atomic E-state index is 4.61. The summed E-state index contributed by atoms with van der Waals surface area (Å²) in [7, 11) is 0. The zero-order valence-electron chi connectivity index (χ0n) is 19.4. The van der Waals surface area contributed by atoms with Crippen molar-refractivity contribution in [2.45, 2.75) is 38.0 Å². The normalized spacial score (nSPS) is 20.5. The molecule has 2 aromatic heterocycles. The van der Waals surface area contributed by atoms with Crippen LogP contribution in [-0.2, 0) is 13.1 Å². The lowest BCUT2D eigenvalue weighted by Crippen LogP contribution is -2.52. The van der Waals surface area contributed by atoms with Crippen LogP contribution in [-0.4, -0.2) is 44.9 Å². The van der Waals surface area contributed by atoms with Crippen LogP contribution in [0.3, 0.4) is 0 Å². The van der Waals surface area contributed by atoms with Gasteiger partial charge in [-0.05, 0) is 48.2 Å². The maximum absolute atomic E-state index is 4.61. The van der Waals surface area contributed by atoms with E-state index in [2.05, 4.69) is 105 Å². The predicted molar refractivity (Wildman–Crippen MR) is 137 cm³/mol. The molecular weight excluding hydrogens is 416 g/mol. The first-order chi connectivity index (χ1) is 16.8. The highest BCUT2D eigenvalue weighted by Gasteiger charge is 2.39. The number of nitrogens with zero attached hydrogens (tertiary/aromatic N) is 4. The van der Waals surface area contributed by atoms with Crippen molar-refractivity contribution in [2.24, 2.45) is 0 Å². The van der Waals surface area contributed by atoms with E-state index in [1.807, 2.05) is 12.4 Å². The van der Waals surface area contributed by atoms with Crippen LogP contribution in [0.2, 0.25) is 0 Å². The number of benzene rings is 2. The monoisotopic (exact) mass is 446 g/mol. The van der Waals surface area contributed by atoms with Crippen LogP contribution < -0.4 is 0 Å². The minimum Gasteiger partial charge on any atom is -0.296 e. The molecule has 2 fully saturated rings. The Morgan fingerprint density at radius 1 is 0.618 bits per heavy atom. The van der Waals surface area contributed by atoms with Gasteiger partial charge in [0, 0.05) is 61.8 Å². The second kappa shape index (κ2) is 9.49. The van der Waals surface area contributed by atoms with Crippen LogP contribution in [0.1, 0.15) is 24.0 Å². The molecule has 170 valence electrons. The summed E-state index contributed by atoms with van der Waals surface area (Å²) in [5, 5.41) is 0. The van der Waals surface area contributed by atoms with Gasteiger partial charge in [0.25, 0.3) is 0 Å². The fraction of sp³-hybridized carbons (Fsp3) is 0.267. The number of hydrogen-bond acceptors (Lipinski definition) is 4. The van der Waals surface area contributed by atoms with E-state index < -0.39 is 0 Å². The summed E-state index contributed by atoms with van der Waals surface area (Å²) in [6.07, 6.45) is 6.51. The van der Waals surface area contributed by atoms with Crippen LogP contribution in [0.15, 0.2) is 97.3 Å². The Kier molecular flexibility index (Phi) is 5.92. The van der Waals surface area contributed by atoms with E-state index in [1.165, 1.54) is 35.1 Å². The predicted octanol–water partition coefficient (Wildman–Crippen LogP) is 5.66. The summed E-state index contributed by atoms with van der Waals surface area (Å²) < 4.78 is 0. The quantitative estimate of drug-likeness (QED) is 0.383. The first-order valence-electron chi connectivity index (χ1n) is 12.3. The lowest BCUT2D eigenvalue weighted by atomic mass is 10.1. The average molecular weight is 447 g/mol. The van der Waals surface area contributed by atoms with Crippen LogP contribution in [0.5, 0.6) is 0 Å². The van der Waals surface area contributed by atoms with Crippen LogP contribution >= 0.6 is 0 Å². The summed E-state index contributed by atoms with van der Waals surface area (Å²) in [4.78, 5) is 14.6. The van der Waals surface area contributed by atoms with Crippen LogP contribution in [0.4, 0.5) is 0 Å². The molecule has 2 aromatic carbocycles. The third-order valence-corrected chi connectivity index (χ3v) is 7.27. The summed E-state index contributed by atoms with van der Waals surface area (Å²) >= 11 is 0. The number of rotatable bonds is 6. The molecule has 0 spiro atoms. The van der Waals surface area contributed by atoms with Crippen molar-refractivity contribution in [2.75, 3.05) is 13.1 Å². The third-order valence-electron chi connectivity index (χ3n) is 7.27. The van der Waals surface area contributed by atoms with Crippen LogP contribution in [0.25, 0.3) is 22.5 Å². The number of hydrogen-bond donors (Lipinski definition) is 0. The summed E-state index contributed by atoms with van der Waals surface area (Å²) in [5.41, 5.74) is 7.21. The molecule has 4 heteroatoms. The molecule has 2 aliphatic heterocycles.